The maximum atomic E-state index is 11.2. The monoisotopic (exact) mass is 235 g/mol. The van der Waals surface area contributed by atoms with Crippen molar-refractivity contribution in [3.05, 3.63) is 29.8 Å². The van der Waals surface area contributed by atoms with Crippen LogP contribution in [0.5, 0.6) is 0 Å². The van der Waals surface area contributed by atoms with Gasteiger partial charge in [0.25, 0.3) is 0 Å². The molecule has 0 atom stereocenters. The lowest BCUT2D eigenvalue weighted by Gasteiger charge is -2.17. The third-order valence-electron chi connectivity index (χ3n) is 2.61. The van der Waals surface area contributed by atoms with Gasteiger partial charge in [0, 0.05) is 26.2 Å². The maximum Gasteiger partial charge on any atom is 0.305 e. The van der Waals surface area contributed by atoms with Gasteiger partial charge in [0.1, 0.15) is 0 Å². The van der Waals surface area contributed by atoms with Crippen LogP contribution in [-0.2, 0) is 16.0 Å². The van der Waals surface area contributed by atoms with Gasteiger partial charge in [-0.1, -0.05) is 18.2 Å². The molecule has 0 fully saturated rings. The minimum absolute atomic E-state index is 0.102. The predicted octanol–water partition coefficient (Wildman–Crippen LogP) is 2.64. The fourth-order valence-electron chi connectivity index (χ4n) is 1.81. The highest BCUT2D eigenvalue weighted by atomic mass is 16.5. The molecule has 0 spiro atoms. The van der Waals surface area contributed by atoms with Gasteiger partial charge in [0.15, 0.2) is 0 Å². The molecule has 0 aliphatic carbocycles. The van der Waals surface area contributed by atoms with E-state index in [0.29, 0.717) is 13.0 Å². The minimum atomic E-state index is -0.102. The highest BCUT2D eigenvalue weighted by molar-refractivity contribution is 5.69. The van der Waals surface area contributed by atoms with E-state index in [-0.39, 0.29) is 5.97 Å². The number of esters is 1. The van der Waals surface area contributed by atoms with Crippen molar-refractivity contribution in [3.63, 3.8) is 0 Å². The fraction of sp³-hybridized carbons (Fsp3) is 0.500. The SMILES string of the molecule is CCOC(=O)CCCc1ccccc1N(C)C. The summed E-state index contributed by atoms with van der Waals surface area (Å²) in [5.41, 5.74) is 2.50. The van der Waals surface area contributed by atoms with Crippen LogP contribution < -0.4 is 4.90 Å². The van der Waals surface area contributed by atoms with Crippen LogP contribution in [0, 0.1) is 0 Å². The van der Waals surface area contributed by atoms with Crippen LogP contribution in [0.25, 0.3) is 0 Å². The molecule has 3 nitrogen and oxygen atoms in total. The van der Waals surface area contributed by atoms with Crippen LogP contribution in [0.15, 0.2) is 24.3 Å². The van der Waals surface area contributed by atoms with Gasteiger partial charge in [0.05, 0.1) is 6.61 Å². The summed E-state index contributed by atoms with van der Waals surface area (Å²) in [6, 6.07) is 8.27. The molecule has 0 aromatic heterocycles. The van der Waals surface area contributed by atoms with Gasteiger partial charge in [-0.3, -0.25) is 4.79 Å². The van der Waals surface area contributed by atoms with Crippen molar-refractivity contribution in [1.82, 2.24) is 0 Å². The van der Waals surface area contributed by atoms with E-state index in [1.165, 1.54) is 11.3 Å². The summed E-state index contributed by atoms with van der Waals surface area (Å²) < 4.78 is 4.91. The minimum Gasteiger partial charge on any atom is -0.466 e. The van der Waals surface area contributed by atoms with Gasteiger partial charge < -0.3 is 9.64 Å². The molecular weight excluding hydrogens is 214 g/mol. The molecule has 0 bridgehead atoms. The normalized spacial score (nSPS) is 10.1. The van der Waals surface area contributed by atoms with Gasteiger partial charge in [-0.25, -0.2) is 0 Å². The largest absolute Gasteiger partial charge is 0.466 e. The average Bonchev–Trinajstić information content (AvgIpc) is 2.30. The van der Waals surface area contributed by atoms with Crippen molar-refractivity contribution < 1.29 is 9.53 Å². The summed E-state index contributed by atoms with van der Waals surface area (Å²) in [5, 5.41) is 0. The van der Waals surface area contributed by atoms with E-state index in [1.54, 1.807) is 0 Å². The van der Waals surface area contributed by atoms with Gasteiger partial charge in [0.2, 0.25) is 0 Å². The molecule has 0 amide bonds. The molecule has 0 aliphatic rings. The number of anilines is 1. The third kappa shape index (κ3) is 4.47. The van der Waals surface area contributed by atoms with E-state index < -0.39 is 0 Å². The Morgan fingerprint density at radius 3 is 2.65 bits per heavy atom. The van der Waals surface area contributed by atoms with E-state index in [4.69, 9.17) is 4.74 Å². The summed E-state index contributed by atoms with van der Waals surface area (Å²) in [4.78, 5) is 13.3. The molecule has 0 saturated carbocycles. The number of carbonyl (C=O) groups excluding carboxylic acids is 1. The van der Waals surface area contributed by atoms with E-state index in [2.05, 4.69) is 17.0 Å². The summed E-state index contributed by atoms with van der Waals surface area (Å²) in [7, 11) is 4.06. The average molecular weight is 235 g/mol. The first-order valence-electron chi connectivity index (χ1n) is 6.06. The standard InChI is InChI=1S/C14H21NO2/c1-4-17-14(16)11-7-9-12-8-5-6-10-13(12)15(2)3/h5-6,8,10H,4,7,9,11H2,1-3H3. The summed E-state index contributed by atoms with van der Waals surface area (Å²) in [6.45, 7) is 2.30. The number of hydrogen-bond donors (Lipinski definition) is 0. The van der Waals surface area contributed by atoms with Crippen LogP contribution >= 0.6 is 0 Å². The van der Waals surface area contributed by atoms with Crippen LogP contribution in [0.1, 0.15) is 25.3 Å². The number of rotatable bonds is 6. The molecular formula is C14H21NO2. The molecule has 3 heteroatoms. The number of carbonyl (C=O) groups is 1. The van der Waals surface area contributed by atoms with E-state index in [0.717, 1.165) is 12.8 Å². The lowest BCUT2D eigenvalue weighted by molar-refractivity contribution is -0.143. The quantitative estimate of drug-likeness (QED) is 0.710. The molecule has 17 heavy (non-hydrogen) atoms. The number of para-hydroxylation sites is 1. The van der Waals surface area contributed by atoms with Crippen LogP contribution in [0.3, 0.4) is 0 Å². The Labute approximate surface area is 103 Å². The number of nitrogens with zero attached hydrogens (tertiary/aromatic N) is 1. The first-order chi connectivity index (χ1) is 8.15. The number of ether oxygens (including phenoxy) is 1. The number of benzene rings is 1. The molecule has 0 aliphatic heterocycles. The van der Waals surface area contributed by atoms with Crippen molar-refractivity contribution in [2.45, 2.75) is 26.2 Å². The highest BCUT2D eigenvalue weighted by Gasteiger charge is 2.05. The van der Waals surface area contributed by atoms with Gasteiger partial charge >= 0.3 is 5.97 Å². The Hall–Kier alpha value is -1.51. The van der Waals surface area contributed by atoms with E-state index in [9.17, 15) is 4.79 Å². The molecule has 0 N–H and O–H groups in total. The molecule has 0 radical (unpaired) electrons. The lowest BCUT2D eigenvalue weighted by Crippen LogP contribution is -2.11. The summed E-state index contributed by atoms with van der Waals surface area (Å²) in [6.07, 6.45) is 2.24. The first kappa shape index (κ1) is 13.6. The number of hydrogen-bond acceptors (Lipinski definition) is 3. The third-order valence-corrected chi connectivity index (χ3v) is 2.61. The zero-order chi connectivity index (χ0) is 12.7. The summed E-state index contributed by atoms with van der Waals surface area (Å²) in [5.74, 6) is -0.102. The van der Waals surface area contributed by atoms with Crippen LogP contribution in [0.2, 0.25) is 0 Å². The second kappa shape index (κ2) is 6.94. The van der Waals surface area contributed by atoms with Gasteiger partial charge in [-0.05, 0) is 31.4 Å². The highest BCUT2D eigenvalue weighted by Crippen LogP contribution is 2.19. The predicted molar refractivity (Wildman–Crippen MR) is 70.3 cm³/mol. The molecule has 1 aromatic rings. The van der Waals surface area contributed by atoms with E-state index in [1.807, 2.05) is 33.2 Å². The molecule has 0 saturated heterocycles. The molecule has 1 rings (SSSR count). The van der Waals surface area contributed by atoms with Crippen molar-refractivity contribution in [3.8, 4) is 0 Å². The first-order valence-corrected chi connectivity index (χ1v) is 6.06. The van der Waals surface area contributed by atoms with Crippen LogP contribution in [0.4, 0.5) is 5.69 Å². The Morgan fingerprint density at radius 2 is 2.00 bits per heavy atom. The zero-order valence-electron chi connectivity index (χ0n) is 10.9. The van der Waals surface area contributed by atoms with Crippen LogP contribution in [-0.4, -0.2) is 26.7 Å². The molecule has 94 valence electrons. The lowest BCUT2D eigenvalue weighted by atomic mass is 10.1. The van der Waals surface area contributed by atoms with Gasteiger partial charge in [-0.2, -0.15) is 0 Å². The van der Waals surface area contributed by atoms with Crippen molar-refractivity contribution in [2.24, 2.45) is 0 Å². The Morgan fingerprint density at radius 1 is 1.29 bits per heavy atom. The summed E-state index contributed by atoms with van der Waals surface area (Å²) >= 11 is 0. The molecule has 1 aromatic carbocycles. The molecule has 0 heterocycles. The maximum absolute atomic E-state index is 11.2. The van der Waals surface area contributed by atoms with Crippen molar-refractivity contribution >= 4 is 11.7 Å². The number of aryl methyl sites for hydroxylation is 1. The van der Waals surface area contributed by atoms with Crippen molar-refractivity contribution in [2.75, 3.05) is 25.6 Å². The van der Waals surface area contributed by atoms with Gasteiger partial charge in [-0.15, -0.1) is 0 Å². The topological polar surface area (TPSA) is 29.5 Å². The fourth-order valence-corrected chi connectivity index (χ4v) is 1.81. The molecule has 0 unspecified atom stereocenters. The zero-order valence-corrected chi connectivity index (χ0v) is 10.9. The Bertz CT molecular complexity index is 361. The van der Waals surface area contributed by atoms with Crippen molar-refractivity contribution in [1.29, 1.82) is 0 Å². The second-order valence-corrected chi connectivity index (χ2v) is 4.18. The Kier molecular flexibility index (Phi) is 5.53. The van der Waals surface area contributed by atoms with E-state index >= 15 is 0 Å². The Balaban J connectivity index is 2.49. The smallest absolute Gasteiger partial charge is 0.305 e. The second-order valence-electron chi connectivity index (χ2n) is 4.18.